The SMILES string of the molecule is CC(C)CCOc1ccccc1C(=O)NC(=S)Nc1ccc(S(=O)(=O)NCC2CCCO2)cc1. The van der Waals surface area contributed by atoms with E-state index in [1.165, 1.54) is 12.1 Å². The van der Waals surface area contributed by atoms with Crippen LogP contribution in [0.3, 0.4) is 0 Å². The van der Waals surface area contributed by atoms with Gasteiger partial charge in [-0.3, -0.25) is 10.1 Å². The van der Waals surface area contributed by atoms with E-state index in [1.54, 1.807) is 30.3 Å². The van der Waals surface area contributed by atoms with Gasteiger partial charge in [0.1, 0.15) is 5.75 Å². The number of anilines is 1. The van der Waals surface area contributed by atoms with Crippen molar-refractivity contribution in [2.24, 2.45) is 5.92 Å². The number of rotatable bonds is 10. The highest BCUT2D eigenvalue weighted by atomic mass is 32.2. The molecule has 0 aromatic heterocycles. The average molecular weight is 506 g/mol. The Hall–Kier alpha value is -2.53. The summed E-state index contributed by atoms with van der Waals surface area (Å²) in [7, 11) is -3.64. The molecule has 0 radical (unpaired) electrons. The smallest absolute Gasteiger partial charge is 0.261 e. The summed E-state index contributed by atoms with van der Waals surface area (Å²) in [4.78, 5) is 12.9. The van der Waals surface area contributed by atoms with E-state index >= 15 is 0 Å². The number of ether oxygens (including phenoxy) is 2. The summed E-state index contributed by atoms with van der Waals surface area (Å²) in [6, 6.07) is 13.1. The minimum Gasteiger partial charge on any atom is -0.493 e. The van der Waals surface area contributed by atoms with Crippen LogP contribution in [0.5, 0.6) is 5.75 Å². The topological polar surface area (TPSA) is 106 Å². The first kappa shape index (κ1) is 26.1. The van der Waals surface area contributed by atoms with Crippen LogP contribution in [0.1, 0.15) is 43.5 Å². The van der Waals surface area contributed by atoms with Crippen LogP contribution in [0.4, 0.5) is 5.69 Å². The van der Waals surface area contributed by atoms with E-state index in [9.17, 15) is 13.2 Å². The largest absolute Gasteiger partial charge is 0.493 e. The Bertz CT molecular complexity index is 1080. The summed E-state index contributed by atoms with van der Waals surface area (Å²) >= 11 is 5.26. The predicted molar refractivity (Wildman–Crippen MR) is 136 cm³/mol. The standard InChI is InChI=1S/C24H31N3O5S2/c1-17(2)13-15-32-22-8-4-3-7-21(22)23(28)27-24(33)26-18-9-11-20(12-10-18)34(29,30)25-16-19-6-5-14-31-19/h3-4,7-12,17,19,25H,5-6,13-16H2,1-2H3,(H2,26,27,28,33). The molecule has 0 aliphatic carbocycles. The van der Waals surface area contributed by atoms with Gasteiger partial charge in [0.25, 0.3) is 5.91 Å². The zero-order chi connectivity index (χ0) is 24.6. The van der Waals surface area contributed by atoms with Crippen molar-refractivity contribution in [1.29, 1.82) is 0 Å². The maximum Gasteiger partial charge on any atom is 0.261 e. The minimum absolute atomic E-state index is 0.0811. The van der Waals surface area contributed by atoms with Gasteiger partial charge >= 0.3 is 0 Å². The molecule has 34 heavy (non-hydrogen) atoms. The van der Waals surface area contributed by atoms with E-state index in [4.69, 9.17) is 21.7 Å². The van der Waals surface area contributed by atoms with Crippen LogP contribution in [0.25, 0.3) is 0 Å². The molecule has 0 bridgehead atoms. The molecule has 0 spiro atoms. The van der Waals surface area contributed by atoms with E-state index < -0.39 is 15.9 Å². The Morgan fingerprint density at radius 3 is 2.59 bits per heavy atom. The molecular formula is C24H31N3O5S2. The number of para-hydroxylation sites is 1. The monoisotopic (exact) mass is 505 g/mol. The summed E-state index contributed by atoms with van der Waals surface area (Å²) in [6.45, 7) is 5.65. The molecule has 1 aliphatic rings. The van der Waals surface area contributed by atoms with E-state index in [1.807, 2.05) is 6.07 Å². The molecule has 10 heteroatoms. The Balaban J connectivity index is 1.54. The zero-order valence-corrected chi connectivity index (χ0v) is 21.0. The zero-order valence-electron chi connectivity index (χ0n) is 19.4. The third-order valence-corrected chi connectivity index (χ3v) is 6.90. The molecule has 184 valence electrons. The van der Waals surface area contributed by atoms with Gasteiger partial charge in [0.05, 0.1) is 23.2 Å². The van der Waals surface area contributed by atoms with Gasteiger partial charge in [0, 0.05) is 18.8 Å². The quantitative estimate of drug-likeness (QED) is 0.423. The van der Waals surface area contributed by atoms with Gasteiger partial charge in [-0.15, -0.1) is 0 Å². The first-order valence-corrected chi connectivity index (χ1v) is 13.2. The van der Waals surface area contributed by atoms with Crippen molar-refractivity contribution in [2.75, 3.05) is 25.1 Å². The Morgan fingerprint density at radius 1 is 1.18 bits per heavy atom. The molecule has 1 unspecified atom stereocenters. The number of hydrogen-bond donors (Lipinski definition) is 3. The van der Waals surface area contributed by atoms with Crippen LogP contribution < -0.4 is 20.1 Å². The van der Waals surface area contributed by atoms with E-state index in [-0.39, 0.29) is 22.7 Å². The predicted octanol–water partition coefficient (Wildman–Crippen LogP) is 3.70. The van der Waals surface area contributed by atoms with Crippen molar-refractivity contribution in [3.8, 4) is 5.75 Å². The molecular weight excluding hydrogens is 474 g/mol. The van der Waals surface area contributed by atoms with Gasteiger partial charge < -0.3 is 14.8 Å². The molecule has 1 aliphatic heterocycles. The number of benzene rings is 2. The first-order chi connectivity index (χ1) is 16.2. The molecule has 2 aromatic carbocycles. The summed E-state index contributed by atoms with van der Waals surface area (Å²) in [5.41, 5.74) is 0.930. The number of carbonyl (C=O) groups excluding carboxylic acids is 1. The van der Waals surface area contributed by atoms with Crippen LogP contribution in [-0.4, -0.2) is 45.3 Å². The van der Waals surface area contributed by atoms with Gasteiger partial charge in [-0.25, -0.2) is 13.1 Å². The third-order valence-electron chi connectivity index (χ3n) is 5.26. The Labute approximate surface area is 206 Å². The fourth-order valence-electron chi connectivity index (χ4n) is 3.33. The summed E-state index contributed by atoms with van der Waals surface area (Å²) in [5, 5.41) is 5.63. The molecule has 1 atom stereocenters. The Kier molecular flexibility index (Phi) is 9.40. The van der Waals surface area contributed by atoms with E-state index in [0.717, 1.165) is 19.3 Å². The second-order valence-electron chi connectivity index (χ2n) is 8.45. The summed E-state index contributed by atoms with van der Waals surface area (Å²) < 4.78 is 38.8. The van der Waals surface area contributed by atoms with E-state index in [0.29, 0.717) is 36.1 Å². The lowest BCUT2D eigenvalue weighted by atomic mass is 10.1. The van der Waals surface area contributed by atoms with Gasteiger partial charge in [-0.2, -0.15) is 0 Å². The Morgan fingerprint density at radius 2 is 1.91 bits per heavy atom. The molecule has 3 rings (SSSR count). The van der Waals surface area contributed by atoms with Crippen molar-refractivity contribution >= 4 is 38.9 Å². The summed E-state index contributed by atoms with van der Waals surface area (Å²) in [6.07, 6.45) is 2.59. The lowest BCUT2D eigenvalue weighted by Crippen LogP contribution is -2.34. The second-order valence-corrected chi connectivity index (χ2v) is 10.6. The van der Waals surface area contributed by atoms with Gasteiger partial charge in [-0.05, 0) is 73.8 Å². The van der Waals surface area contributed by atoms with Crippen LogP contribution in [0, 0.1) is 5.92 Å². The third kappa shape index (κ3) is 7.76. The van der Waals surface area contributed by atoms with Gasteiger partial charge in [0.15, 0.2) is 5.11 Å². The molecule has 2 aromatic rings. The van der Waals surface area contributed by atoms with Crippen LogP contribution >= 0.6 is 12.2 Å². The molecule has 1 amide bonds. The molecule has 0 saturated carbocycles. The minimum atomic E-state index is -3.64. The number of nitrogens with one attached hydrogen (secondary N) is 3. The molecule has 1 heterocycles. The van der Waals surface area contributed by atoms with Gasteiger partial charge in [0.2, 0.25) is 10.0 Å². The van der Waals surface area contributed by atoms with Crippen LogP contribution in [-0.2, 0) is 14.8 Å². The van der Waals surface area contributed by atoms with E-state index in [2.05, 4.69) is 29.2 Å². The van der Waals surface area contributed by atoms with Crippen LogP contribution in [0.2, 0.25) is 0 Å². The highest BCUT2D eigenvalue weighted by Gasteiger charge is 2.20. The highest BCUT2D eigenvalue weighted by molar-refractivity contribution is 7.89. The molecule has 1 saturated heterocycles. The number of thiocarbonyl (C=S) groups is 1. The lowest BCUT2D eigenvalue weighted by Gasteiger charge is -2.14. The maximum atomic E-state index is 12.7. The van der Waals surface area contributed by atoms with Crippen molar-refractivity contribution in [2.45, 2.75) is 44.1 Å². The highest BCUT2D eigenvalue weighted by Crippen LogP contribution is 2.19. The number of sulfonamides is 1. The van der Waals surface area contributed by atoms with Crippen LogP contribution in [0.15, 0.2) is 53.4 Å². The van der Waals surface area contributed by atoms with Crippen molar-refractivity contribution in [3.63, 3.8) is 0 Å². The molecule has 3 N–H and O–H groups in total. The first-order valence-electron chi connectivity index (χ1n) is 11.3. The van der Waals surface area contributed by atoms with Crippen molar-refractivity contribution in [3.05, 3.63) is 54.1 Å². The fourth-order valence-corrected chi connectivity index (χ4v) is 4.60. The lowest BCUT2D eigenvalue weighted by molar-refractivity contribution is 0.0973. The maximum absolute atomic E-state index is 12.7. The number of amides is 1. The molecule has 8 nitrogen and oxygen atoms in total. The van der Waals surface area contributed by atoms with Gasteiger partial charge in [-0.1, -0.05) is 26.0 Å². The fraction of sp³-hybridized carbons (Fsp3) is 0.417. The molecule has 1 fully saturated rings. The number of hydrogen-bond acceptors (Lipinski definition) is 6. The summed E-state index contributed by atoms with van der Waals surface area (Å²) in [5.74, 6) is 0.597. The van der Waals surface area contributed by atoms with Crippen molar-refractivity contribution in [1.82, 2.24) is 10.0 Å². The normalized spacial score (nSPS) is 15.8. The number of carbonyl (C=O) groups is 1. The second kappa shape index (κ2) is 12.3. The average Bonchev–Trinajstić information content (AvgIpc) is 3.32. The van der Waals surface area contributed by atoms with Crippen molar-refractivity contribution < 1.29 is 22.7 Å².